The van der Waals surface area contributed by atoms with Crippen LogP contribution < -0.4 is 0 Å². The van der Waals surface area contributed by atoms with E-state index < -0.39 is 0 Å². The van der Waals surface area contributed by atoms with Gasteiger partial charge in [0, 0.05) is 0 Å². The maximum atomic E-state index is 6.05. The molecule has 25 heavy (non-hydrogen) atoms. The van der Waals surface area contributed by atoms with Crippen LogP contribution in [-0.2, 0) is 4.74 Å². The zero-order valence-corrected chi connectivity index (χ0v) is 16.9. The molecule has 0 aliphatic heterocycles. The van der Waals surface area contributed by atoms with Gasteiger partial charge in [0.2, 0.25) is 0 Å². The van der Waals surface area contributed by atoms with E-state index in [0.29, 0.717) is 6.10 Å². The van der Waals surface area contributed by atoms with Crippen LogP contribution in [-0.4, -0.2) is 12.7 Å². The largest absolute Gasteiger partial charge is 0.374 e. The molecule has 0 N–H and O–H groups in total. The summed E-state index contributed by atoms with van der Waals surface area (Å²) in [7, 11) is 0. The highest BCUT2D eigenvalue weighted by Crippen LogP contribution is 2.41. The van der Waals surface area contributed by atoms with E-state index in [9.17, 15) is 0 Å². The van der Waals surface area contributed by atoms with Gasteiger partial charge in [-0.15, -0.1) is 0 Å². The molecule has 0 aromatic rings. The molecule has 0 aromatic carbocycles. The second-order valence-electron chi connectivity index (χ2n) is 8.37. The van der Waals surface area contributed by atoms with Crippen LogP contribution in [0.3, 0.4) is 0 Å². The van der Waals surface area contributed by atoms with Crippen LogP contribution >= 0.6 is 0 Å². The van der Waals surface area contributed by atoms with E-state index >= 15 is 0 Å². The van der Waals surface area contributed by atoms with Crippen molar-refractivity contribution in [1.29, 1.82) is 0 Å². The van der Waals surface area contributed by atoms with Crippen molar-refractivity contribution in [3.63, 3.8) is 0 Å². The summed E-state index contributed by atoms with van der Waals surface area (Å²) in [5.41, 5.74) is 0. The lowest BCUT2D eigenvalue weighted by Crippen LogP contribution is -2.28. The predicted molar refractivity (Wildman–Crippen MR) is 110 cm³/mol. The molecule has 1 heteroatoms. The summed E-state index contributed by atoms with van der Waals surface area (Å²) in [6.45, 7) is 5.28. The quantitative estimate of drug-likeness (QED) is 0.373. The molecule has 0 amide bonds. The Hall–Kier alpha value is -0.560. The minimum Gasteiger partial charge on any atom is -0.374 e. The van der Waals surface area contributed by atoms with Crippen LogP contribution in [0.4, 0.5) is 0 Å². The molecular formula is C24H42O. The minimum atomic E-state index is 0.532. The number of rotatable bonds is 10. The molecule has 1 nitrogen and oxygen atoms in total. The Morgan fingerprint density at radius 3 is 2.00 bits per heavy atom. The van der Waals surface area contributed by atoms with E-state index in [1.807, 2.05) is 0 Å². The van der Waals surface area contributed by atoms with Crippen molar-refractivity contribution in [1.82, 2.24) is 0 Å². The summed E-state index contributed by atoms with van der Waals surface area (Å²) in [6.07, 6.45) is 27.5. The van der Waals surface area contributed by atoms with Crippen LogP contribution in [0.15, 0.2) is 24.3 Å². The summed E-state index contributed by atoms with van der Waals surface area (Å²) in [4.78, 5) is 0. The number of allylic oxidation sites excluding steroid dienone is 3. The Kier molecular flexibility index (Phi) is 10.6. The van der Waals surface area contributed by atoms with Crippen LogP contribution in [0.1, 0.15) is 97.3 Å². The zero-order chi connectivity index (χ0) is 17.7. The van der Waals surface area contributed by atoms with Gasteiger partial charge in [-0.25, -0.2) is 0 Å². The molecular weight excluding hydrogens is 304 g/mol. The van der Waals surface area contributed by atoms with Crippen LogP contribution in [0, 0.1) is 17.8 Å². The second kappa shape index (κ2) is 12.7. The first-order chi connectivity index (χ1) is 12.3. The molecule has 2 saturated carbocycles. The number of hydrogen-bond donors (Lipinski definition) is 0. The Morgan fingerprint density at radius 1 is 0.720 bits per heavy atom. The molecule has 2 aliphatic carbocycles. The molecule has 0 bridgehead atoms. The normalized spacial score (nSPS) is 31.1. The highest BCUT2D eigenvalue weighted by molar-refractivity contribution is 4.86. The minimum absolute atomic E-state index is 0.532. The lowest BCUT2D eigenvalue weighted by Gasteiger charge is -2.37. The molecule has 2 aliphatic rings. The summed E-state index contributed by atoms with van der Waals surface area (Å²) >= 11 is 0. The average molecular weight is 347 g/mol. The van der Waals surface area contributed by atoms with E-state index in [0.717, 1.165) is 24.4 Å². The Bertz CT molecular complexity index is 368. The van der Waals surface area contributed by atoms with Gasteiger partial charge in [0.05, 0.1) is 12.7 Å². The van der Waals surface area contributed by atoms with E-state index in [1.165, 1.54) is 83.5 Å². The van der Waals surface area contributed by atoms with Gasteiger partial charge in [0.25, 0.3) is 0 Å². The van der Waals surface area contributed by atoms with E-state index in [-0.39, 0.29) is 0 Å². The monoisotopic (exact) mass is 346 g/mol. The lowest BCUT2D eigenvalue weighted by atomic mass is 9.70. The maximum Gasteiger partial charge on any atom is 0.0651 e. The molecule has 0 unspecified atom stereocenters. The van der Waals surface area contributed by atoms with Gasteiger partial charge in [0.15, 0.2) is 0 Å². The topological polar surface area (TPSA) is 9.23 Å². The van der Waals surface area contributed by atoms with Crippen molar-refractivity contribution < 1.29 is 4.74 Å². The first-order valence-corrected chi connectivity index (χ1v) is 11.2. The molecule has 0 heterocycles. The lowest BCUT2D eigenvalue weighted by molar-refractivity contribution is 0.0210. The highest BCUT2D eigenvalue weighted by atomic mass is 16.5. The van der Waals surface area contributed by atoms with Gasteiger partial charge in [-0.2, -0.15) is 0 Å². The fraction of sp³-hybridized carbons (Fsp3) is 0.833. The molecule has 2 fully saturated rings. The Labute approximate surface area is 157 Å². The number of hydrogen-bond acceptors (Lipinski definition) is 1. The van der Waals surface area contributed by atoms with Crippen molar-refractivity contribution in [2.24, 2.45) is 17.8 Å². The zero-order valence-electron chi connectivity index (χ0n) is 16.9. The van der Waals surface area contributed by atoms with Crippen molar-refractivity contribution in [3.05, 3.63) is 24.3 Å². The van der Waals surface area contributed by atoms with Gasteiger partial charge in [-0.1, -0.05) is 57.4 Å². The third-order valence-electron chi connectivity index (χ3n) is 6.47. The second-order valence-corrected chi connectivity index (χ2v) is 8.37. The predicted octanol–water partition coefficient (Wildman–Crippen LogP) is 7.47. The fourth-order valence-corrected chi connectivity index (χ4v) is 4.84. The van der Waals surface area contributed by atoms with Gasteiger partial charge in [-0.3, -0.25) is 0 Å². The summed E-state index contributed by atoms with van der Waals surface area (Å²) in [5, 5.41) is 0. The Balaban J connectivity index is 1.56. The maximum absolute atomic E-state index is 6.05. The smallest absolute Gasteiger partial charge is 0.0651 e. The van der Waals surface area contributed by atoms with Gasteiger partial charge >= 0.3 is 0 Å². The molecule has 0 saturated heterocycles. The van der Waals surface area contributed by atoms with Crippen molar-refractivity contribution in [3.8, 4) is 0 Å². The third-order valence-corrected chi connectivity index (χ3v) is 6.47. The number of ether oxygens (including phenoxy) is 1. The molecule has 0 radical (unpaired) electrons. The summed E-state index contributed by atoms with van der Waals surface area (Å²) < 4.78 is 6.05. The van der Waals surface area contributed by atoms with Gasteiger partial charge in [0.1, 0.15) is 0 Å². The third kappa shape index (κ3) is 8.11. The van der Waals surface area contributed by atoms with Crippen molar-refractivity contribution in [2.45, 2.75) is 103 Å². The van der Waals surface area contributed by atoms with E-state index in [1.54, 1.807) is 0 Å². The molecule has 0 aromatic heterocycles. The summed E-state index contributed by atoms with van der Waals surface area (Å²) in [6, 6.07) is 0. The molecule has 144 valence electrons. The van der Waals surface area contributed by atoms with Gasteiger partial charge in [-0.05, 0) is 82.0 Å². The first-order valence-electron chi connectivity index (χ1n) is 11.2. The molecule has 0 atom stereocenters. The van der Waals surface area contributed by atoms with Crippen LogP contribution in [0.2, 0.25) is 0 Å². The van der Waals surface area contributed by atoms with Crippen LogP contribution in [0.25, 0.3) is 0 Å². The van der Waals surface area contributed by atoms with Crippen molar-refractivity contribution >= 4 is 0 Å². The summed E-state index contributed by atoms with van der Waals surface area (Å²) in [5.74, 6) is 3.02. The number of unbranched alkanes of at least 4 members (excludes halogenated alkanes) is 1. The van der Waals surface area contributed by atoms with E-state index in [4.69, 9.17) is 4.74 Å². The SMILES string of the molecule is CC/C=C/CC[C@H]1CC[C@H]([C@H]2CC[C@H](OC/C=C/CCC)CC2)CC1. The molecule has 0 spiro atoms. The van der Waals surface area contributed by atoms with Crippen molar-refractivity contribution in [2.75, 3.05) is 6.61 Å². The van der Waals surface area contributed by atoms with Gasteiger partial charge < -0.3 is 4.74 Å². The Morgan fingerprint density at radius 2 is 1.36 bits per heavy atom. The fourth-order valence-electron chi connectivity index (χ4n) is 4.84. The van der Waals surface area contributed by atoms with E-state index in [2.05, 4.69) is 38.2 Å². The van der Waals surface area contributed by atoms with Crippen LogP contribution in [0.5, 0.6) is 0 Å². The molecule has 2 rings (SSSR count). The first kappa shape index (κ1) is 20.7. The standard InChI is InChI=1S/C24H42O/c1-3-5-7-9-11-21-12-14-22(15-13-21)23-16-18-24(19-17-23)25-20-10-8-6-4-2/h5,7-8,10,21-24H,3-4,6,9,11-20H2,1-2H3/b7-5+,10-8+/t21-,22-,23-,24-. The highest BCUT2D eigenvalue weighted by Gasteiger charge is 2.30. The average Bonchev–Trinajstić information content (AvgIpc) is 2.66.